The molecule has 0 amide bonds. The number of halogens is 2. The molecule has 0 saturated carbocycles. The third-order valence-electron chi connectivity index (χ3n) is 2.38. The summed E-state index contributed by atoms with van der Waals surface area (Å²) >= 11 is 3.16. The fraction of sp³-hybridized carbons (Fsp3) is 0.400. The summed E-state index contributed by atoms with van der Waals surface area (Å²) in [6.45, 7) is 1.66. The van der Waals surface area contributed by atoms with E-state index >= 15 is 0 Å². The summed E-state index contributed by atoms with van der Waals surface area (Å²) in [7, 11) is 0. The highest BCUT2D eigenvalue weighted by Gasteiger charge is 2.23. The lowest BCUT2D eigenvalue weighted by Gasteiger charge is -2.25. The maximum Gasteiger partial charge on any atom is 0.137 e. The molecule has 3 nitrogen and oxygen atoms in total. The van der Waals surface area contributed by atoms with E-state index in [-0.39, 0.29) is 17.4 Å². The minimum atomic E-state index is -0.418. The fourth-order valence-electron chi connectivity index (χ4n) is 1.64. The Balaban J connectivity index is 2.36. The molecule has 1 fully saturated rings. The van der Waals surface area contributed by atoms with E-state index in [1.54, 1.807) is 0 Å². The summed E-state index contributed by atoms with van der Waals surface area (Å²) in [5.41, 5.74) is 0.268. The Labute approximate surface area is 95.4 Å². The summed E-state index contributed by atoms with van der Waals surface area (Å²) in [4.78, 5) is 0. The SMILES string of the molecule is Oc1c(Br)ccc(F)c1[C@@H]1COCCN1. The van der Waals surface area contributed by atoms with Gasteiger partial charge in [-0.05, 0) is 28.1 Å². The number of benzene rings is 1. The van der Waals surface area contributed by atoms with Gasteiger partial charge in [-0.3, -0.25) is 0 Å². The van der Waals surface area contributed by atoms with Crippen LogP contribution < -0.4 is 5.32 Å². The monoisotopic (exact) mass is 275 g/mol. The maximum absolute atomic E-state index is 13.5. The number of ether oxygens (including phenoxy) is 1. The van der Waals surface area contributed by atoms with Crippen molar-refractivity contribution in [3.63, 3.8) is 0 Å². The molecule has 0 radical (unpaired) electrons. The molecule has 0 aromatic heterocycles. The Bertz CT molecular complexity index is 367. The van der Waals surface area contributed by atoms with Crippen LogP contribution in [-0.4, -0.2) is 24.9 Å². The van der Waals surface area contributed by atoms with Gasteiger partial charge in [0, 0.05) is 12.1 Å². The topological polar surface area (TPSA) is 41.5 Å². The van der Waals surface area contributed by atoms with E-state index < -0.39 is 5.82 Å². The van der Waals surface area contributed by atoms with E-state index in [0.29, 0.717) is 24.2 Å². The van der Waals surface area contributed by atoms with Crippen LogP contribution in [0.25, 0.3) is 0 Å². The van der Waals surface area contributed by atoms with Gasteiger partial charge in [0.25, 0.3) is 0 Å². The third-order valence-corrected chi connectivity index (χ3v) is 3.02. The normalized spacial score (nSPS) is 21.6. The minimum Gasteiger partial charge on any atom is -0.506 e. The number of nitrogens with one attached hydrogen (secondary N) is 1. The first-order valence-corrected chi connectivity index (χ1v) is 5.47. The predicted octanol–water partition coefficient (Wildman–Crippen LogP) is 1.95. The number of hydrogen-bond donors (Lipinski definition) is 2. The Hall–Kier alpha value is -0.650. The van der Waals surface area contributed by atoms with Crippen molar-refractivity contribution in [3.05, 3.63) is 28.0 Å². The van der Waals surface area contributed by atoms with Gasteiger partial charge in [0.05, 0.1) is 23.7 Å². The first-order chi connectivity index (χ1) is 7.20. The second-order valence-electron chi connectivity index (χ2n) is 3.37. The van der Waals surface area contributed by atoms with Crippen molar-refractivity contribution in [2.75, 3.05) is 19.8 Å². The van der Waals surface area contributed by atoms with E-state index in [2.05, 4.69) is 21.2 Å². The van der Waals surface area contributed by atoms with Crippen molar-refractivity contribution in [3.8, 4) is 5.75 Å². The molecule has 1 saturated heterocycles. The van der Waals surface area contributed by atoms with Gasteiger partial charge in [-0.1, -0.05) is 0 Å². The zero-order valence-corrected chi connectivity index (χ0v) is 9.55. The minimum absolute atomic E-state index is 0.0574. The fourth-order valence-corrected chi connectivity index (χ4v) is 1.98. The van der Waals surface area contributed by atoms with Gasteiger partial charge in [0.1, 0.15) is 11.6 Å². The maximum atomic E-state index is 13.5. The second-order valence-corrected chi connectivity index (χ2v) is 4.23. The third kappa shape index (κ3) is 2.14. The molecule has 0 bridgehead atoms. The van der Waals surface area contributed by atoms with E-state index in [9.17, 15) is 9.50 Å². The van der Waals surface area contributed by atoms with Gasteiger partial charge in [0.15, 0.2) is 0 Å². The number of rotatable bonds is 1. The highest BCUT2D eigenvalue weighted by Crippen LogP contribution is 2.34. The van der Waals surface area contributed by atoms with Gasteiger partial charge in [0.2, 0.25) is 0 Å². The van der Waals surface area contributed by atoms with Crippen LogP contribution in [0, 0.1) is 5.82 Å². The van der Waals surface area contributed by atoms with Crippen LogP contribution in [0.5, 0.6) is 5.75 Å². The molecule has 5 heteroatoms. The molecule has 1 aromatic carbocycles. The van der Waals surface area contributed by atoms with E-state index in [1.807, 2.05) is 0 Å². The number of hydrogen-bond acceptors (Lipinski definition) is 3. The Kier molecular flexibility index (Phi) is 3.23. The van der Waals surface area contributed by atoms with Crippen molar-refractivity contribution in [1.82, 2.24) is 5.32 Å². The zero-order valence-electron chi connectivity index (χ0n) is 7.96. The average molecular weight is 276 g/mol. The number of phenolic OH excluding ortho intramolecular Hbond substituents is 1. The molecule has 1 aliphatic heterocycles. The molecule has 2 rings (SSSR count). The molecule has 82 valence electrons. The molecule has 1 aromatic rings. The number of aromatic hydroxyl groups is 1. The zero-order chi connectivity index (χ0) is 10.8. The van der Waals surface area contributed by atoms with Gasteiger partial charge < -0.3 is 15.2 Å². The lowest BCUT2D eigenvalue weighted by molar-refractivity contribution is 0.0748. The van der Waals surface area contributed by atoms with E-state index in [0.717, 1.165) is 0 Å². The van der Waals surface area contributed by atoms with Crippen LogP contribution in [0.3, 0.4) is 0 Å². The summed E-state index contributed by atoms with van der Waals surface area (Å²) < 4.78 is 19.3. The smallest absolute Gasteiger partial charge is 0.137 e. The number of morpholine rings is 1. The first kappa shape index (κ1) is 10.9. The molecular weight excluding hydrogens is 265 g/mol. The van der Waals surface area contributed by atoms with Crippen LogP contribution in [0.2, 0.25) is 0 Å². The summed E-state index contributed by atoms with van der Waals surface area (Å²) in [6.07, 6.45) is 0. The van der Waals surface area contributed by atoms with Crippen molar-refractivity contribution in [1.29, 1.82) is 0 Å². The van der Waals surface area contributed by atoms with Gasteiger partial charge in [-0.2, -0.15) is 0 Å². The van der Waals surface area contributed by atoms with Crippen molar-refractivity contribution in [2.45, 2.75) is 6.04 Å². The molecule has 1 atom stereocenters. The van der Waals surface area contributed by atoms with Crippen LogP contribution >= 0.6 is 15.9 Å². The Morgan fingerprint density at radius 2 is 2.33 bits per heavy atom. The van der Waals surface area contributed by atoms with Gasteiger partial charge in [-0.15, -0.1) is 0 Å². The first-order valence-electron chi connectivity index (χ1n) is 4.68. The second kappa shape index (κ2) is 4.47. The average Bonchev–Trinajstić information content (AvgIpc) is 2.26. The molecule has 15 heavy (non-hydrogen) atoms. The van der Waals surface area contributed by atoms with E-state index in [1.165, 1.54) is 12.1 Å². The molecule has 0 aliphatic carbocycles. The van der Waals surface area contributed by atoms with Gasteiger partial charge in [-0.25, -0.2) is 4.39 Å². The highest BCUT2D eigenvalue weighted by molar-refractivity contribution is 9.10. The molecule has 0 unspecified atom stereocenters. The predicted molar refractivity (Wildman–Crippen MR) is 57.3 cm³/mol. The van der Waals surface area contributed by atoms with E-state index in [4.69, 9.17) is 4.74 Å². The number of phenols is 1. The van der Waals surface area contributed by atoms with Crippen molar-refractivity contribution >= 4 is 15.9 Å². The van der Waals surface area contributed by atoms with Crippen molar-refractivity contribution < 1.29 is 14.2 Å². The highest BCUT2D eigenvalue weighted by atomic mass is 79.9. The quantitative estimate of drug-likeness (QED) is 0.823. The molecular formula is C10H11BrFNO2. The molecule has 2 N–H and O–H groups in total. The van der Waals surface area contributed by atoms with Crippen LogP contribution in [-0.2, 0) is 4.74 Å². The molecule has 1 heterocycles. The summed E-state index contributed by atoms with van der Waals surface area (Å²) in [5, 5.41) is 12.8. The largest absolute Gasteiger partial charge is 0.506 e. The molecule has 1 aliphatic rings. The summed E-state index contributed by atoms with van der Waals surface area (Å²) in [5.74, 6) is -0.475. The van der Waals surface area contributed by atoms with Gasteiger partial charge >= 0.3 is 0 Å². The van der Waals surface area contributed by atoms with Crippen LogP contribution in [0.1, 0.15) is 11.6 Å². The lowest BCUT2D eigenvalue weighted by Crippen LogP contribution is -2.35. The van der Waals surface area contributed by atoms with Crippen LogP contribution in [0.4, 0.5) is 4.39 Å². The lowest BCUT2D eigenvalue weighted by atomic mass is 10.0. The summed E-state index contributed by atoms with van der Waals surface area (Å²) in [6, 6.07) is 2.53. The van der Waals surface area contributed by atoms with Crippen LogP contribution in [0.15, 0.2) is 16.6 Å². The Morgan fingerprint density at radius 1 is 1.53 bits per heavy atom. The van der Waals surface area contributed by atoms with Crippen molar-refractivity contribution in [2.24, 2.45) is 0 Å². The Morgan fingerprint density at radius 3 is 3.00 bits per heavy atom. The molecule has 0 spiro atoms. The standard InChI is InChI=1S/C10H11BrFNO2/c11-6-1-2-7(12)9(10(6)14)8-5-15-4-3-13-8/h1-2,8,13-14H,3-5H2/t8-/m0/s1.